The van der Waals surface area contributed by atoms with Gasteiger partial charge < -0.3 is 15.0 Å². The standard InChI is InChI=1S/C16H24N4O3/c1-4-12-9-18-14(19-10-12)15(22)20-7-5-6-16(20,11-23-3)8-13(21)17-2/h9-10H,4-8,11H2,1-3H3,(H,17,21)/t16-/m1/s1. The Labute approximate surface area is 136 Å². The molecular formula is C16H24N4O3. The molecule has 2 amide bonds. The Hall–Kier alpha value is -2.02. The molecule has 126 valence electrons. The van der Waals surface area contributed by atoms with Gasteiger partial charge in [-0.2, -0.15) is 0 Å². The van der Waals surface area contributed by atoms with Gasteiger partial charge in [-0.3, -0.25) is 9.59 Å². The molecule has 1 saturated heterocycles. The van der Waals surface area contributed by atoms with Crippen LogP contribution in [0.25, 0.3) is 0 Å². The highest BCUT2D eigenvalue weighted by molar-refractivity contribution is 5.92. The average molecular weight is 320 g/mol. The third kappa shape index (κ3) is 3.67. The quantitative estimate of drug-likeness (QED) is 0.838. The number of aromatic nitrogens is 2. The first-order valence-corrected chi connectivity index (χ1v) is 7.88. The van der Waals surface area contributed by atoms with Crippen LogP contribution in [0.2, 0.25) is 0 Å². The van der Waals surface area contributed by atoms with Crippen molar-refractivity contribution in [1.29, 1.82) is 0 Å². The van der Waals surface area contributed by atoms with Gasteiger partial charge in [0.2, 0.25) is 11.7 Å². The molecule has 0 bridgehead atoms. The number of carbonyl (C=O) groups excluding carboxylic acids is 2. The monoisotopic (exact) mass is 320 g/mol. The summed E-state index contributed by atoms with van der Waals surface area (Å²) in [6.45, 7) is 2.91. The van der Waals surface area contributed by atoms with Gasteiger partial charge in [0.15, 0.2) is 0 Å². The van der Waals surface area contributed by atoms with Gasteiger partial charge in [-0.15, -0.1) is 0 Å². The fourth-order valence-electron chi connectivity index (χ4n) is 3.06. The molecule has 2 rings (SSSR count). The van der Waals surface area contributed by atoms with Crippen LogP contribution in [-0.4, -0.2) is 59.5 Å². The van der Waals surface area contributed by atoms with Crippen molar-refractivity contribution >= 4 is 11.8 Å². The number of methoxy groups -OCH3 is 1. The minimum absolute atomic E-state index is 0.107. The summed E-state index contributed by atoms with van der Waals surface area (Å²) in [4.78, 5) is 34.8. The zero-order valence-electron chi connectivity index (χ0n) is 14.0. The molecule has 7 nitrogen and oxygen atoms in total. The molecule has 0 spiro atoms. The minimum atomic E-state index is -0.626. The molecule has 1 aromatic rings. The summed E-state index contributed by atoms with van der Waals surface area (Å²) in [6.07, 6.45) is 5.95. The summed E-state index contributed by atoms with van der Waals surface area (Å²) in [5, 5.41) is 2.63. The van der Waals surface area contributed by atoms with Crippen molar-refractivity contribution < 1.29 is 14.3 Å². The maximum Gasteiger partial charge on any atom is 0.292 e. The maximum absolute atomic E-state index is 12.8. The number of nitrogens with zero attached hydrogens (tertiary/aromatic N) is 3. The molecule has 7 heteroatoms. The SMILES string of the molecule is CCc1cnc(C(=O)N2CCC[C@]2(COC)CC(=O)NC)nc1. The second kappa shape index (κ2) is 7.50. The first kappa shape index (κ1) is 17.3. The van der Waals surface area contributed by atoms with Crippen LogP contribution in [-0.2, 0) is 16.0 Å². The number of aryl methyl sites for hydroxylation is 1. The van der Waals surface area contributed by atoms with E-state index in [1.807, 2.05) is 6.92 Å². The van der Waals surface area contributed by atoms with E-state index in [-0.39, 0.29) is 24.1 Å². The lowest BCUT2D eigenvalue weighted by Gasteiger charge is -2.37. The molecule has 0 unspecified atom stereocenters. The lowest BCUT2D eigenvalue weighted by atomic mass is 9.92. The predicted octanol–water partition coefficient (Wildman–Crippen LogP) is 0.796. The van der Waals surface area contributed by atoms with Gasteiger partial charge in [0.25, 0.3) is 5.91 Å². The smallest absolute Gasteiger partial charge is 0.292 e. The Bertz CT molecular complexity index is 561. The van der Waals surface area contributed by atoms with Crippen LogP contribution in [0.15, 0.2) is 12.4 Å². The van der Waals surface area contributed by atoms with Crippen LogP contribution in [0.1, 0.15) is 42.4 Å². The normalized spacial score (nSPS) is 20.6. The molecule has 1 atom stereocenters. The van der Waals surface area contributed by atoms with Crippen LogP contribution < -0.4 is 5.32 Å². The zero-order valence-corrected chi connectivity index (χ0v) is 14.0. The van der Waals surface area contributed by atoms with Crippen molar-refractivity contribution in [1.82, 2.24) is 20.2 Å². The molecule has 0 aromatic carbocycles. The predicted molar refractivity (Wildman–Crippen MR) is 85.0 cm³/mol. The topological polar surface area (TPSA) is 84.4 Å². The van der Waals surface area contributed by atoms with Crippen molar-refractivity contribution in [3.63, 3.8) is 0 Å². The summed E-state index contributed by atoms with van der Waals surface area (Å²) in [5.74, 6) is -0.184. The third-order valence-electron chi connectivity index (χ3n) is 4.33. The van der Waals surface area contributed by atoms with Crippen LogP contribution in [0, 0.1) is 0 Å². The first-order chi connectivity index (χ1) is 11.1. The number of nitrogens with one attached hydrogen (secondary N) is 1. The molecule has 1 N–H and O–H groups in total. The number of carbonyl (C=O) groups is 2. The van der Waals surface area contributed by atoms with Crippen molar-refractivity contribution in [2.45, 2.75) is 38.1 Å². The number of rotatable bonds is 6. The summed E-state index contributed by atoms with van der Waals surface area (Å²) in [6, 6.07) is 0. The van der Waals surface area contributed by atoms with E-state index >= 15 is 0 Å². The van der Waals surface area contributed by atoms with Crippen LogP contribution >= 0.6 is 0 Å². The van der Waals surface area contributed by atoms with Gasteiger partial charge in [0.05, 0.1) is 18.6 Å². The van der Waals surface area contributed by atoms with E-state index in [9.17, 15) is 9.59 Å². The lowest BCUT2D eigenvalue weighted by Crippen LogP contribution is -2.53. The molecule has 0 aliphatic carbocycles. The zero-order chi connectivity index (χ0) is 16.9. The number of ether oxygens (including phenoxy) is 1. The summed E-state index contributed by atoms with van der Waals surface area (Å²) >= 11 is 0. The van der Waals surface area contributed by atoms with E-state index in [0.29, 0.717) is 13.2 Å². The van der Waals surface area contributed by atoms with Crippen LogP contribution in [0.4, 0.5) is 0 Å². The molecule has 2 heterocycles. The molecule has 1 aliphatic rings. The number of amides is 2. The van der Waals surface area contributed by atoms with Gasteiger partial charge in [0.1, 0.15) is 0 Å². The molecule has 0 saturated carbocycles. The third-order valence-corrected chi connectivity index (χ3v) is 4.33. The van der Waals surface area contributed by atoms with Gasteiger partial charge in [-0.1, -0.05) is 6.92 Å². The number of hydrogen-bond donors (Lipinski definition) is 1. The number of hydrogen-bond acceptors (Lipinski definition) is 5. The lowest BCUT2D eigenvalue weighted by molar-refractivity contribution is -0.123. The van der Waals surface area contributed by atoms with E-state index in [0.717, 1.165) is 24.8 Å². The van der Waals surface area contributed by atoms with Crippen LogP contribution in [0.3, 0.4) is 0 Å². The van der Waals surface area contributed by atoms with Crippen molar-refractivity contribution in [2.75, 3.05) is 27.3 Å². The largest absolute Gasteiger partial charge is 0.382 e. The minimum Gasteiger partial charge on any atom is -0.382 e. The summed E-state index contributed by atoms with van der Waals surface area (Å²) < 4.78 is 5.31. The fourth-order valence-corrected chi connectivity index (χ4v) is 3.06. The maximum atomic E-state index is 12.8. The van der Waals surface area contributed by atoms with E-state index in [2.05, 4.69) is 15.3 Å². The van der Waals surface area contributed by atoms with Gasteiger partial charge in [-0.25, -0.2) is 9.97 Å². The Balaban J connectivity index is 2.26. The number of likely N-dealkylation sites (tertiary alicyclic amines) is 1. The van der Waals surface area contributed by atoms with E-state index in [1.165, 1.54) is 0 Å². The summed E-state index contributed by atoms with van der Waals surface area (Å²) in [5.41, 5.74) is 0.357. The van der Waals surface area contributed by atoms with E-state index in [4.69, 9.17) is 4.74 Å². The molecule has 23 heavy (non-hydrogen) atoms. The second-order valence-corrected chi connectivity index (χ2v) is 5.84. The average Bonchev–Trinajstić information content (AvgIpc) is 2.97. The second-order valence-electron chi connectivity index (χ2n) is 5.84. The Morgan fingerprint density at radius 3 is 2.65 bits per heavy atom. The molecular weight excluding hydrogens is 296 g/mol. The molecule has 1 fully saturated rings. The van der Waals surface area contributed by atoms with Crippen molar-refractivity contribution in [3.8, 4) is 0 Å². The molecule has 1 aromatic heterocycles. The van der Waals surface area contributed by atoms with E-state index in [1.54, 1.807) is 31.5 Å². The van der Waals surface area contributed by atoms with Crippen molar-refractivity contribution in [2.24, 2.45) is 0 Å². The van der Waals surface area contributed by atoms with Crippen LogP contribution in [0.5, 0.6) is 0 Å². The van der Waals surface area contributed by atoms with Crippen molar-refractivity contribution in [3.05, 3.63) is 23.8 Å². The highest BCUT2D eigenvalue weighted by Crippen LogP contribution is 2.33. The van der Waals surface area contributed by atoms with Gasteiger partial charge in [0, 0.05) is 33.1 Å². The fraction of sp³-hybridized carbons (Fsp3) is 0.625. The Morgan fingerprint density at radius 2 is 2.09 bits per heavy atom. The van der Waals surface area contributed by atoms with Gasteiger partial charge >= 0.3 is 0 Å². The Kier molecular flexibility index (Phi) is 5.65. The summed E-state index contributed by atoms with van der Waals surface area (Å²) in [7, 11) is 3.18. The molecule has 1 aliphatic heterocycles. The highest BCUT2D eigenvalue weighted by atomic mass is 16.5. The Morgan fingerprint density at radius 1 is 1.39 bits per heavy atom. The van der Waals surface area contributed by atoms with E-state index < -0.39 is 5.54 Å². The molecule has 0 radical (unpaired) electrons. The first-order valence-electron chi connectivity index (χ1n) is 7.88. The highest BCUT2D eigenvalue weighted by Gasteiger charge is 2.46. The van der Waals surface area contributed by atoms with Gasteiger partial charge in [-0.05, 0) is 24.8 Å².